The lowest BCUT2D eigenvalue weighted by Crippen LogP contribution is -2.29. The molecule has 7 rings (SSSR count). The van der Waals surface area contributed by atoms with E-state index in [2.05, 4.69) is 60.4 Å². The summed E-state index contributed by atoms with van der Waals surface area (Å²) in [4.78, 5) is 15.9. The molecule has 1 saturated heterocycles. The van der Waals surface area contributed by atoms with Gasteiger partial charge in [0.05, 0.1) is 21.8 Å². The van der Waals surface area contributed by atoms with E-state index in [1.165, 1.54) is 30.9 Å². The number of pyridine rings is 2. The van der Waals surface area contributed by atoms with Gasteiger partial charge in [0.25, 0.3) is 0 Å². The minimum absolute atomic E-state index is 0.218. The lowest BCUT2D eigenvalue weighted by atomic mass is 10.0. The number of H-pyrrole nitrogens is 2. The van der Waals surface area contributed by atoms with Gasteiger partial charge in [-0.25, -0.2) is 0 Å². The monoisotopic (exact) mass is 508 g/mol. The van der Waals surface area contributed by atoms with Gasteiger partial charge in [0.2, 0.25) is 0 Å². The largest absolute Gasteiger partial charge is 0.353 e. The number of hydrogen-bond acceptors (Lipinski definition) is 5. The number of aromatic nitrogens is 5. The quantitative estimate of drug-likeness (QED) is 0.262. The summed E-state index contributed by atoms with van der Waals surface area (Å²) in [6, 6.07) is 15.9. The van der Waals surface area contributed by atoms with Crippen LogP contribution in [-0.2, 0) is 6.54 Å². The number of rotatable bonds is 5. The maximum absolute atomic E-state index is 13.7. The van der Waals surface area contributed by atoms with Crippen LogP contribution in [0.2, 0.25) is 0 Å². The van der Waals surface area contributed by atoms with Crippen molar-refractivity contribution in [3.8, 4) is 33.1 Å². The first-order chi connectivity index (χ1) is 18.2. The lowest BCUT2D eigenvalue weighted by Gasteiger charge is -2.26. The van der Waals surface area contributed by atoms with Gasteiger partial charge in [0, 0.05) is 47.0 Å². The van der Waals surface area contributed by atoms with E-state index < -0.39 is 0 Å². The molecule has 0 atom stereocenters. The molecule has 8 heteroatoms. The predicted molar refractivity (Wildman–Crippen MR) is 147 cm³/mol. The number of halogens is 1. The second-order valence-corrected chi connectivity index (χ2v) is 10.7. The van der Waals surface area contributed by atoms with Gasteiger partial charge < -0.3 is 4.98 Å². The van der Waals surface area contributed by atoms with Gasteiger partial charge in [-0.1, -0.05) is 12.5 Å². The fourth-order valence-corrected chi connectivity index (χ4v) is 6.07. The maximum Gasteiger partial charge on any atom is 0.177 e. The van der Waals surface area contributed by atoms with Crippen molar-refractivity contribution >= 4 is 33.1 Å². The van der Waals surface area contributed by atoms with Crippen molar-refractivity contribution in [3.05, 3.63) is 77.8 Å². The molecule has 0 amide bonds. The highest BCUT2D eigenvalue weighted by molar-refractivity contribution is 7.13. The van der Waals surface area contributed by atoms with Gasteiger partial charge in [-0.3, -0.25) is 20.0 Å². The smallest absolute Gasteiger partial charge is 0.177 e. The van der Waals surface area contributed by atoms with E-state index in [1.54, 1.807) is 12.3 Å². The van der Waals surface area contributed by atoms with Gasteiger partial charge >= 0.3 is 0 Å². The molecule has 6 aromatic rings. The number of likely N-dealkylation sites (tertiary alicyclic amines) is 1. The average Bonchev–Trinajstić information content (AvgIpc) is 3.66. The fraction of sp³-hybridized carbons (Fsp3) is 0.207. The lowest BCUT2D eigenvalue weighted by molar-refractivity contribution is 0.220. The summed E-state index contributed by atoms with van der Waals surface area (Å²) in [5, 5.41) is 9.57. The Kier molecular flexibility index (Phi) is 5.56. The Morgan fingerprint density at radius 1 is 0.865 bits per heavy atom. The van der Waals surface area contributed by atoms with E-state index in [0.717, 1.165) is 85.9 Å². The van der Waals surface area contributed by atoms with Crippen LogP contribution in [0, 0.1) is 5.13 Å². The molecule has 0 radical (unpaired) electrons. The van der Waals surface area contributed by atoms with Gasteiger partial charge in [-0.15, -0.1) is 11.3 Å². The molecule has 0 saturated carbocycles. The Labute approximate surface area is 217 Å². The third-order valence-corrected chi connectivity index (χ3v) is 8.04. The summed E-state index contributed by atoms with van der Waals surface area (Å²) in [5.41, 5.74) is 7.86. The minimum Gasteiger partial charge on any atom is -0.353 e. The number of hydrogen-bond donors (Lipinski definition) is 2. The zero-order chi connectivity index (χ0) is 24.8. The summed E-state index contributed by atoms with van der Waals surface area (Å²) in [6.07, 6.45) is 9.56. The van der Waals surface area contributed by atoms with E-state index in [0.29, 0.717) is 0 Å². The molecule has 0 bridgehead atoms. The molecule has 6 heterocycles. The number of nitrogens with zero attached hydrogens (tertiary/aromatic N) is 4. The second-order valence-electron chi connectivity index (χ2n) is 9.66. The van der Waals surface area contributed by atoms with Crippen LogP contribution in [0.1, 0.15) is 24.8 Å². The predicted octanol–water partition coefficient (Wildman–Crippen LogP) is 7.02. The standard InChI is InChI=1S/C29H25FN6S/c30-27-7-6-26(37-27)29-22-14-25(33-23(22)8-9-32-29)28-21-13-19(4-5-24(21)34-35-28)20-12-18(15-31-16-20)17-36-10-2-1-3-11-36/h4-9,12-16,33H,1-3,10-11,17H2,(H,34,35). The number of benzene rings is 1. The number of piperidine rings is 1. The molecular weight excluding hydrogens is 483 g/mol. The molecule has 5 aromatic heterocycles. The molecule has 1 aromatic carbocycles. The van der Waals surface area contributed by atoms with Crippen molar-refractivity contribution in [3.63, 3.8) is 0 Å². The molecule has 0 spiro atoms. The van der Waals surface area contributed by atoms with Crippen molar-refractivity contribution in [2.45, 2.75) is 25.8 Å². The topological polar surface area (TPSA) is 73.5 Å². The van der Waals surface area contributed by atoms with Crippen molar-refractivity contribution in [1.29, 1.82) is 0 Å². The van der Waals surface area contributed by atoms with E-state index in [1.807, 2.05) is 18.5 Å². The molecule has 1 aliphatic heterocycles. The van der Waals surface area contributed by atoms with Crippen LogP contribution >= 0.6 is 11.3 Å². The zero-order valence-electron chi connectivity index (χ0n) is 20.2. The third kappa shape index (κ3) is 4.22. The first-order valence-electron chi connectivity index (χ1n) is 12.6. The Morgan fingerprint density at radius 2 is 1.76 bits per heavy atom. The summed E-state index contributed by atoms with van der Waals surface area (Å²) < 4.78 is 13.7. The molecular formula is C29H25FN6S. The van der Waals surface area contributed by atoms with E-state index >= 15 is 0 Å². The van der Waals surface area contributed by atoms with Gasteiger partial charge in [0.15, 0.2) is 5.13 Å². The maximum atomic E-state index is 13.7. The zero-order valence-corrected chi connectivity index (χ0v) is 21.0. The van der Waals surface area contributed by atoms with Crippen molar-refractivity contribution in [2.24, 2.45) is 0 Å². The third-order valence-electron chi connectivity index (χ3n) is 7.16. The number of thiophene rings is 1. The van der Waals surface area contributed by atoms with Gasteiger partial charge in [-0.05, 0) is 79.5 Å². The number of fused-ring (bicyclic) bond motifs is 2. The molecule has 37 heavy (non-hydrogen) atoms. The summed E-state index contributed by atoms with van der Waals surface area (Å²) in [7, 11) is 0. The molecule has 184 valence electrons. The fourth-order valence-electron chi connectivity index (χ4n) is 5.33. The van der Waals surface area contributed by atoms with Crippen molar-refractivity contribution in [2.75, 3.05) is 13.1 Å². The normalized spacial score (nSPS) is 14.6. The van der Waals surface area contributed by atoms with Crippen LogP contribution in [0.25, 0.3) is 54.9 Å². The molecule has 1 aliphatic rings. The summed E-state index contributed by atoms with van der Waals surface area (Å²) in [6.45, 7) is 3.27. The number of nitrogens with one attached hydrogen (secondary N) is 2. The van der Waals surface area contributed by atoms with E-state index in [9.17, 15) is 4.39 Å². The highest BCUT2D eigenvalue weighted by Crippen LogP contribution is 2.36. The van der Waals surface area contributed by atoms with E-state index in [4.69, 9.17) is 0 Å². The van der Waals surface area contributed by atoms with Gasteiger partial charge in [-0.2, -0.15) is 9.49 Å². The first-order valence-corrected chi connectivity index (χ1v) is 13.4. The summed E-state index contributed by atoms with van der Waals surface area (Å²) in [5.74, 6) is 0. The van der Waals surface area contributed by atoms with Crippen LogP contribution in [0.4, 0.5) is 4.39 Å². The number of aromatic amines is 2. The molecule has 2 N–H and O–H groups in total. The second kappa shape index (κ2) is 9.21. The van der Waals surface area contributed by atoms with Crippen molar-refractivity contribution < 1.29 is 4.39 Å². The van der Waals surface area contributed by atoms with Crippen LogP contribution in [0.5, 0.6) is 0 Å². The van der Waals surface area contributed by atoms with Crippen LogP contribution in [0.15, 0.2) is 67.1 Å². The Morgan fingerprint density at radius 3 is 2.62 bits per heavy atom. The van der Waals surface area contributed by atoms with Crippen LogP contribution in [0.3, 0.4) is 0 Å². The SMILES string of the molecule is Fc1ccc(-c2nccc3[nH]c(-c4n[nH]c5ccc(-c6cncc(CN7CCCCC7)c6)cc45)cc23)s1. The molecule has 0 aliphatic carbocycles. The van der Waals surface area contributed by atoms with E-state index in [-0.39, 0.29) is 5.13 Å². The summed E-state index contributed by atoms with van der Waals surface area (Å²) >= 11 is 1.10. The average molecular weight is 509 g/mol. The van der Waals surface area contributed by atoms with Gasteiger partial charge in [0.1, 0.15) is 5.69 Å². The highest BCUT2D eigenvalue weighted by Gasteiger charge is 2.16. The van der Waals surface area contributed by atoms with Crippen LogP contribution in [-0.4, -0.2) is 43.1 Å². The Balaban J connectivity index is 1.26. The molecule has 1 fully saturated rings. The molecule has 0 unspecified atom stereocenters. The van der Waals surface area contributed by atoms with Crippen molar-refractivity contribution in [1.82, 2.24) is 30.0 Å². The highest BCUT2D eigenvalue weighted by atomic mass is 32.1. The Hall–Kier alpha value is -3.88. The minimum atomic E-state index is -0.218. The first kappa shape index (κ1) is 22.3. The Bertz CT molecular complexity index is 1730. The molecule has 6 nitrogen and oxygen atoms in total. The van der Waals surface area contributed by atoms with Crippen LogP contribution < -0.4 is 0 Å².